The van der Waals surface area contributed by atoms with Crippen LogP contribution in [0.25, 0.3) is 0 Å². The zero-order chi connectivity index (χ0) is 13.7. The number of carbonyl (C=O) groups excluding carboxylic acids is 1. The first-order chi connectivity index (χ1) is 9.22. The highest BCUT2D eigenvalue weighted by atomic mass is 16.5. The van der Waals surface area contributed by atoms with Crippen molar-refractivity contribution in [2.24, 2.45) is 5.92 Å². The summed E-state index contributed by atoms with van der Waals surface area (Å²) in [4.78, 5) is 13.9. The van der Waals surface area contributed by atoms with Crippen molar-refractivity contribution in [2.75, 3.05) is 26.8 Å². The number of aliphatic hydroxyl groups is 1. The predicted molar refractivity (Wildman–Crippen MR) is 73.0 cm³/mol. The number of hydrogen-bond donors (Lipinski definition) is 2. The first kappa shape index (κ1) is 14.6. The third-order valence-electron chi connectivity index (χ3n) is 4.45. The second kappa shape index (κ2) is 7.10. The minimum Gasteiger partial charge on any atom is -0.453 e. The molecule has 1 heterocycles. The molecule has 2 rings (SSSR count). The van der Waals surface area contributed by atoms with Crippen molar-refractivity contribution in [3.63, 3.8) is 0 Å². The highest BCUT2D eigenvalue weighted by Crippen LogP contribution is 2.29. The number of nitrogens with zero attached hydrogens (tertiary/aromatic N) is 1. The van der Waals surface area contributed by atoms with Crippen molar-refractivity contribution >= 4 is 6.09 Å². The minimum atomic E-state index is -0.346. The largest absolute Gasteiger partial charge is 0.453 e. The van der Waals surface area contributed by atoms with Crippen molar-refractivity contribution < 1.29 is 14.6 Å². The monoisotopic (exact) mass is 270 g/mol. The standard InChI is InChI=1S/C14H26N2O3/c1-19-14(18)15-12-8-11(6-7-17)9-16(10-12)13-4-2-3-5-13/h11-13,17H,2-10H2,1H3,(H,15,18). The fourth-order valence-electron chi connectivity index (χ4n) is 3.53. The highest BCUT2D eigenvalue weighted by Gasteiger charge is 2.32. The van der Waals surface area contributed by atoms with Gasteiger partial charge in [0.25, 0.3) is 0 Å². The first-order valence-corrected chi connectivity index (χ1v) is 7.42. The quantitative estimate of drug-likeness (QED) is 0.809. The number of likely N-dealkylation sites (tertiary alicyclic amines) is 1. The second-order valence-electron chi connectivity index (χ2n) is 5.84. The van der Waals surface area contributed by atoms with Crippen LogP contribution in [0.3, 0.4) is 0 Å². The van der Waals surface area contributed by atoms with Gasteiger partial charge in [-0.15, -0.1) is 0 Å². The molecule has 0 spiro atoms. The number of alkyl carbamates (subject to hydrolysis) is 1. The van der Waals surface area contributed by atoms with E-state index in [2.05, 4.69) is 10.2 Å². The Morgan fingerprint density at radius 2 is 2.11 bits per heavy atom. The number of rotatable bonds is 4. The maximum atomic E-state index is 11.4. The lowest BCUT2D eigenvalue weighted by atomic mass is 9.90. The Morgan fingerprint density at radius 3 is 2.74 bits per heavy atom. The Balaban J connectivity index is 1.93. The van der Waals surface area contributed by atoms with E-state index >= 15 is 0 Å². The van der Waals surface area contributed by atoms with Crippen molar-refractivity contribution in [1.29, 1.82) is 0 Å². The van der Waals surface area contributed by atoms with Gasteiger partial charge in [-0.25, -0.2) is 4.79 Å². The Labute approximate surface area is 115 Å². The summed E-state index contributed by atoms with van der Waals surface area (Å²) in [7, 11) is 1.40. The van der Waals surface area contributed by atoms with Gasteiger partial charge in [-0.2, -0.15) is 0 Å². The Kier molecular flexibility index (Phi) is 5.45. The molecule has 0 bridgehead atoms. The van der Waals surface area contributed by atoms with Crippen LogP contribution in [-0.2, 0) is 4.74 Å². The van der Waals surface area contributed by atoms with Gasteiger partial charge in [0.05, 0.1) is 7.11 Å². The van der Waals surface area contributed by atoms with E-state index in [1.54, 1.807) is 0 Å². The van der Waals surface area contributed by atoms with Crippen molar-refractivity contribution in [2.45, 2.75) is 50.6 Å². The number of hydrogen-bond acceptors (Lipinski definition) is 4. The molecule has 19 heavy (non-hydrogen) atoms. The van der Waals surface area contributed by atoms with Crippen LogP contribution < -0.4 is 5.32 Å². The zero-order valence-corrected chi connectivity index (χ0v) is 11.8. The molecule has 2 N–H and O–H groups in total. The molecule has 0 aromatic heterocycles. The van der Waals surface area contributed by atoms with E-state index in [0.29, 0.717) is 12.0 Å². The third kappa shape index (κ3) is 4.08. The topological polar surface area (TPSA) is 61.8 Å². The Hall–Kier alpha value is -0.810. The lowest BCUT2D eigenvalue weighted by Crippen LogP contribution is -2.53. The van der Waals surface area contributed by atoms with Crippen LogP contribution in [0.1, 0.15) is 38.5 Å². The van der Waals surface area contributed by atoms with Gasteiger partial charge in [0.1, 0.15) is 0 Å². The van der Waals surface area contributed by atoms with Crippen LogP contribution in [0.5, 0.6) is 0 Å². The van der Waals surface area contributed by atoms with Gasteiger partial charge in [-0.05, 0) is 31.6 Å². The number of ether oxygens (including phenoxy) is 1. The van der Waals surface area contributed by atoms with Crippen LogP contribution in [0.15, 0.2) is 0 Å². The summed E-state index contributed by atoms with van der Waals surface area (Å²) < 4.78 is 4.69. The molecule has 5 heteroatoms. The van der Waals surface area contributed by atoms with E-state index in [1.165, 1.54) is 32.8 Å². The molecular formula is C14H26N2O3. The maximum absolute atomic E-state index is 11.4. The molecule has 1 aliphatic heterocycles. The summed E-state index contributed by atoms with van der Waals surface area (Å²) in [5.74, 6) is 0.474. The van der Waals surface area contributed by atoms with E-state index in [4.69, 9.17) is 9.84 Å². The van der Waals surface area contributed by atoms with E-state index in [-0.39, 0.29) is 18.7 Å². The fourth-order valence-corrected chi connectivity index (χ4v) is 3.53. The van der Waals surface area contributed by atoms with E-state index < -0.39 is 0 Å². The summed E-state index contributed by atoms with van der Waals surface area (Å²) in [6, 6.07) is 0.821. The Morgan fingerprint density at radius 1 is 1.37 bits per heavy atom. The Bertz CT molecular complexity index is 292. The van der Waals surface area contributed by atoms with Crippen molar-refractivity contribution in [3.05, 3.63) is 0 Å². The zero-order valence-electron chi connectivity index (χ0n) is 11.8. The molecule has 5 nitrogen and oxygen atoms in total. The van der Waals surface area contributed by atoms with Crippen LogP contribution in [0.4, 0.5) is 4.79 Å². The minimum absolute atomic E-state index is 0.151. The van der Waals surface area contributed by atoms with Gasteiger partial charge in [-0.1, -0.05) is 12.8 Å². The molecule has 0 aromatic rings. The molecule has 2 atom stereocenters. The van der Waals surface area contributed by atoms with Crippen LogP contribution in [0.2, 0.25) is 0 Å². The van der Waals surface area contributed by atoms with E-state index in [9.17, 15) is 4.79 Å². The van der Waals surface area contributed by atoms with Gasteiger partial charge in [0.15, 0.2) is 0 Å². The van der Waals surface area contributed by atoms with E-state index in [1.807, 2.05) is 0 Å². The molecule has 110 valence electrons. The summed E-state index contributed by atoms with van der Waals surface area (Å²) in [6.45, 7) is 2.21. The average molecular weight is 270 g/mol. The number of nitrogens with one attached hydrogen (secondary N) is 1. The summed E-state index contributed by atoms with van der Waals surface area (Å²) in [6.07, 6.45) is 6.61. The molecule has 2 fully saturated rings. The number of amides is 1. The van der Waals surface area contributed by atoms with Crippen LogP contribution in [0, 0.1) is 5.92 Å². The number of carbonyl (C=O) groups is 1. The maximum Gasteiger partial charge on any atom is 0.407 e. The molecule has 2 aliphatic rings. The smallest absolute Gasteiger partial charge is 0.407 e. The van der Waals surface area contributed by atoms with Crippen molar-refractivity contribution in [3.8, 4) is 0 Å². The van der Waals surface area contributed by atoms with Crippen LogP contribution in [-0.4, -0.2) is 55.0 Å². The highest BCUT2D eigenvalue weighted by molar-refractivity contribution is 5.67. The van der Waals surface area contributed by atoms with E-state index in [0.717, 1.165) is 25.9 Å². The summed E-state index contributed by atoms with van der Waals surface area (Å²) >= 11 is 0. The number of aliphatic hydroxyl groups excluding tert-OH is 1. The first-order valence-electron chi connectivity index (χ1n) is 7.42. The van der Waals surface area contributed by atoms with Gasteiger partial charge in [0.2, 0.25) is 0 Å². The van der Waals surface area contributed by atoms with Gasteiger partial charge in [-0.3, -0.25) is 4.90 Å². The van der Waals surface area contributed by atoms with Gasteiger partial charge in [0, 0.05) is 31.8 Å². The summed E-state index contributed by atoms with van der Waals surface area (Å²) in [5, 5.41) is 12.1. The normalized spacial score (nSPS) is 29.4. The molecule has 0 aromatic carbocycles. The van der Waals surface area contributed by atoms with Gasteiger partial charge < -0.3 is 15.2 Å². The molecule has 0 radical (unpaired) electrons. The lowest BCUT2D eigenvalue weighted by molar-refractivity contribution is 0.0826. The van der Waals surface area contributed by atoms with Gasteiger partial charge >= 0.3 is 6.09 Å². The SMILES string of the molecule is COC(=O)NC1CC(CCO)CN(C2CCCC2)C1. The fraction of sp³-hybridized carbons (Fsp3) is 0.929. The number of methoxy groups -OCH3 is 1. The third-order valence-corrected chi connectivity index (χ3v) is 4.45. The molecule has 2 unspecified atom stereocenters. The predicted octanol–water partition coefficient (Wildman–Crippen LogP) is 1.36. The average Bonchev–Trinajstić information content (AvgIpc) is 2.92. The molecule has 1 amide bonds. The number of piperidine rings is 1. The molecular weight excluding hydrogens is 244 g/mol. The van der Waals surface area contributed by atoms with Crippen molar-refractivity contribution in [1.82, 2.24) is 10.2 Å². The molecule has 1 saturated heterocycles. The lowest BCUT2D eigenvalue weighted by Gasteiger charge is -2.41. The second-order valence-corrected chi connectivity index (χ2v) is 5.84. The van der Waals surface area contributed by atoms with Crippen LogP contribution >= 0.6 is 0 Å². The molecule has 1 aliphatic carbocycles. The summed E-state index contributed by atoms with van der Waals surface area (Å²) in [5.41, 5.74) is 0. The molecule has 1 saturated carbocycles.